The van der Waals surface area contributed by atoms with Gasteiger partial charge in [0.1, 0.15) is 5.60 Å². The topological polar surface area (TPSA) is 71.2 Å². The van der Waals surface area contributed by atoms with E-state index in [1.54, 1.807) is 22.0 Å². The lowest BCUT2D eigenvalue weighted by molar-refractivity contribution is -0.139. The number of carbonyl (C=O) groups is 1. The molecule has 3 rings (SSSR count). The van der Waals surface area contributed by atoms with Crippen molar-refractivity contribution in [3.8, 4) is 0 Å². The van der Waals surface area contributed by atoms with Crippen LogP contribution in [0.2, 0.25) is 0 Å². The van der Waals surface area contributed by atoms with E-state index in [1.165, 1.54) is 0 Å². The van der Waals surface area contributed by atoms with Crippen molar-refractivity contribution in [3.05, 3.63) is 54.4 Å². The van der Waals surface area contributed by atoms with E-state index in [2.05, 4.69) is 10.3 Å². The van der Waals surface area contributed by atoms with Gasteiger partial charge in [0.25, 0.3) is 0 Å². The molecule has 1 N–H and O–H groups in total. The van der Waals surface area contributed by atoms with Gasteiger partial charge in [-0.05, 0) is 24.8 Å². The number of benzene rings is 1. The maximum absolute atomic E-state index is 12.4. The summed E-state index contributed by atoms with van der Waals surface area (Å²) in [5, 5.41) is 18.5. The van der Waals surface area contributed by atoms with Crippen LogP contribution in [0.3, 0.4) is 0 Å². The van der Waals surface area contributed by atoms with E-state index in [0.717, 1.165) is 12.0 Å². The normalized spacial score (nSPS) is 20.9. The molecule has 1 aromatic carbocycles. The molecule has 0 bridgehead atoms. The lowest BCUT2D eigenvalue weighted by atomic mass is 9.92. The Labute approximate surface area is 147 Å². The zero-order valence-corrected chi connectivity index (χ0v) is 14.3. The molecule has 2 heterocycles. The third kappa shape index (κ3) is 5.00. The average Bonchev–Trinajstić information content (AvgIpc) is 3.11. The summed E-state index contributed by atoms with van der Waals surface area (Å²) in [4.78, 5) is 14.2. The summed E-state index contributed by atoms with van der Waals surface area (Å²) in [6, 6.07) is 10.0. The maximum atomic E-state index is 12.4. The molecule has 1 amide bonds. The van der Waals surface area contributed by atoms with Crippen LogP contribution in [0.5, 0.6) is 0 Å². The molecular formula is C19H24N4O2. The molecule has 0 spiro atoms. The Hall–Kier alpha value is -2.47. The number of rotatable bonds is 6. The molecule has 6 nitrogen and oxygen atoms in total. The fraction of sp³-hybridized carbons (Fsp3) is 0.421. The molecule has 0 aliphatic carbocycles. The smallest absolute Gasteiger partial charge is 0.222 e. The Bertz CT molecular complexity index is 699. The summed E-state index contributed by atoms with van der Waals surface area (Å²) in [6.45, 7) is 1.43. The number of aromatic nitrogens is 3. The van der Waals surface area contributed by atoms with Crippen molar-refractivity contribution in [1.82, 2.24) is 19.9 Å². The van der Waals surface area contributed by atoms with Gasteiger partial charge in [0.05, 0.1) is 19.3 Å². The zero-order chi connectivity index (χ0) is 17.5. The Morgan fingerprint density at radius 1 is 1.32 bits per heavy atom. The van der Waals surface area contributed by atoms with Gasteiger partial charge in [0, 0.05) is 19.2 Å². The van der Waals surface area contributed by atoms with Crippen LogP contribution in [-0.2, 0) is 11.3 Å². The number of hydrogen-bond donors (Lipinski definition) is 1. The molecule has 132 valence electrons. The van der Waals surface area contributed by atoms with E-state index in [4.69, 9.17) is 0 Å². The van der Waals surface area contributed by atoms with Crippen molar-refractivity contribution in [2.45, 2.75) is 37.8 Å². The number of likely N-dealkylation sites (tertiary alicyclic amines) is 1. The van der Waals surface area contributed by atoms with Crippen LogP contribution in [0.25, 0.3) is 6.08 Å². The monoisotopic (exact) mass is 340 g/mol. The summed E-state index contributed by atoms with van der Waals surface area (Å²) < 4.78 is 1.62. The number of β-amino-alcohol motifs (C(OH)–C–C–N with tert-alkyl or cyclic N) is 1. The fourth-order valence-electron chi connectivity index (χ4n) is 3.22. The van der Waals surface area contributed by atoms with Crippen LogP contribution in [-0.4, -0.2) is 49.6 Å². The number of allylic oxidation sites excluding steroid dienone is 1. The van der Waals surface area contributed by atoms with Crippen molar-refractivity contribution in [3.63, 3.8) is 0 Å². The number of carbonyl (C=O) groups excluding carboxylic acids is 1. The van der Waals surface area contributed by atoms with Gasteiger partial charge in [0.15, 0.2) is 0 Å². The van der Waals surface area contributed by atoms with Crippen LogP contribution in [0.15, 0.2) is 48.8 Å². The molecule has 1 unspecified atom stereocenters. The minimum atomic E-state index is -0.929. The minimum absolute atomic E-state index is 0.0921. The molecule has 1 atom stereocenters. The summed E-state index contributed by atoms with van der Waals surface area (Å²) in [7, 11) is 0. The molecule has 0 radical (unpaired) electrons. The summed E-state index contributed by atoms with van der Waals surface area (Å²) in [5.74, 6) is 0.0921. The lowest BCUT2D eigenvalue weighted by Gasteiger charge is -2.39. The number of amides is 1. The van der Waals surface area contributed by atoms with E-state index in [9.17, 15) is 9.90 Å². The predicted octanol–water partition coefficient (Wildman–Crippen LogP) is 2.13. The number of nitrogens with zero attached hydrogens (tertiary/aromatic N) is 4. The Balaban J connectivity index is 1.49. The van der Waals surface area contributed by atoms with Gasteiger partial charge >= 0.3 is 0 Å². The quantitative estimate of drug-likeness (QED) is 0.874. The Morgan fingerprint density at radius 3 is 2.92 bits per heavy atom. The highest BCUT2D eigenvalue weighted by atomic mass is 16.3. The number of hydrogen-bond acceptors (Lipinski definition) is 4. The summed E-state index contributed by atoms with van der Waals surface area (Å²) in [5.41, 5.74) is 0.205. The van der Waals surface area contributed by atoms with Crippen LogP contribution < -0.4 is 0 Å². The van der Waals surface area contributed by atoms with Gasteiger partial charge in [-0.2, -0.15) is 0 Å². The van der Waals surface area contributed by atoms with Crippen LogP contribution in [0.4, 0.5) is 0 Å². The molecule has 6 heteroatoms. The standard InChI is InChI=1S/C19H24N4O2/c24-18(10-5-4-9-17-7-2-1-3-8-17)22-13-6-11-19(25,15-22)16-23-14-12-20-21-23/h1-4,7-9,12,14,25H,5-6,10-11,13,15-16H2/b9-4+. The summed E-state index contributed by atoms with van der Waals surface area (Å²) >= 11 is 0. The lowest BCUT2D eigenvalue weighted by Crippen LogP contribution is -2.52. The maximum Gasteiger partial charge on any atom is 0.222 e. The number of piperidine rings is 1. The molecular weight excluding hydrogens is 316 g/mol. The number of aliphatic hydroxyl groups is 1. The predicted molar refractivity (Wildman–Crippen MR) is 95.5 cm³/mol. The first kappa shape index (κ1) is 17.4. The second kappa shape index (κ2) is 8.07. The van der Waals surface area contributed by atoms with Crippen LogP contribution in [0.1, 0.15) is 31.2 Å². The SMILES string of the molecule is O=C(CC/C=C/c1ccccc1)N1CCCC(O)(Cn2ccnn2)C1. The molecule has 1 saturated heterocycles. The highest BCUT2D eigenvalue weighted by Gasteiger charge is 2.35. The molecule has 1 aliphatic rings. The molecule has 1 fully saturated rings. The summed E-state index contributed by atoms with van der Waals surface area (Å²) in [6.07, 6.45) is 10.0. The minimum Gasteiger partial charge on any atom is -0.386 e. The van der Waals surface area contributed by atoms with Gasteiger partial charge < -0.3 is 10.0 Å². The first-order chi connectivity index (χ1) is 12.1. The second-order valence-electron chi connectivity index (χ2n) is 6.60. The van der Waals surface area contributed by atoms with Gasteiger partial charge in [-0.1, -0.05) is 47.7 Å². The van der Waals surface area contributed by atoms with E-state index in [0.29, 0.717) is 38.9 Å². The van der Waals surface area contributed by atoms with E-state index < -0.39 is 5.60 Å². The Morgan fingerprint density at radius 2 is 2.16 bits per heavy atom. The fourth-order valence-corrected chi connectivity index (χ4v) is 3.22. The molecule has 25 heavy (non-hydrogen) atoms. The van der Waals surface area contributed by atoms with E-state index in [1.807, 2.05) is 42.5 Å². The highest BCUT2D eigenvalue weighted by Crippen LogP contribution is 2.23. The molecule has 1 aromatic heterocycles. The van der Waals surface area contributed by atoms with Crippen molar-refractivity contribution in [2.75, 3.05) is 13.1 Å². The van der Waals surface area contributed by atoms with Crippen LogP contribution >= 0.6 is 0 Å². The zero-order valence-electron chi connectivity index (χ0n) is 14.3. The average molecular weight is 340 g/mol. The van der Waals surface area contributed by atoms with Gasteiger partial charge in [-0.25, -0.2) is 4.68 Å². The first-order valence-corrected chi connectivity index (χ1v) is 8.70. The molecule has 1 aliphatic heterocycles. The molecule has 0 saturated carbocycles. The van der Waals surface area contributed by atoms with Crippen molar-refractivity contribution >= 4 is 12.0 Å². The van der Waals surface area contributed by atoms with E-state index >= 15 is 0 Å². The third-order valence-electron chi connectivity index (χ3n) is 4.47. The van der Waals surface area contributed by atoms with Gasteiger partial charge in [0.2, 0.25) is 5.91 Å². The third-order valence-corrected chi connectivity index (χ3v) is 4.47. The first-order valence-electron chi connectivity index (χ1n) is 8.70. The van der Waals surface area contributed by atoms with Crippen LogP contribution in [0, 0.1) is 0 Å². The van der Waals surface area contributed by atoms with Crippen molar-refractivity contribution in [2.24, 2.45) is 0 Å². The second-order valence-corrected chi connectivity index (χ2v) is 6.60. The highest BCUT2D eigenvalue weighted by molar-refractivity contribution is 5.76. The van der Waals surface area contributed by atoms with E-state index in [-0.39, 0.29) is 5.91 Å². The van der Waals surface area contributed by atoms with Crippen molar-refractivity contribution in [1.29, 1.82) is 0 Å². The van der Waals surface area contributed by atoms with Gasteiger partial charge in [-0.3, -0.25) is 4.79 Å². The molecule has 2 aromatic rings. The van der Waals surface area contributed by atoms with Crippen molar-refractivity contribution < 1.29 is 9.90 Å². The van der Waals surface area contributed by atoms with Gasteiger partial charge in [-0.15, -0.1) is 5.10 Å². The Kier molecular flexibility index (Phi) is 5.60. The largest absolute Gasteiger partial charge is 0.386 e.